The van der Waals surface area contributed by atoms with Crippen molar-refractivity contribution in [1.29, 1.82) is 0 Å². The second kappa shape index (κ2) is 6.60. The summed E-state index contributed by atoms with van der Waals surface area (Å²) in [5.41, 5.74) is 0. The standard InChI is InChI=1S/C15H15F5N4OS/c1-2-9-7-10-11(21-8-22-12(10)26-9)23-3-5-24(6-4-23)13(25)14(16,17)15(18,19)20/h7-8H,2-6H2,1H3. The third-order valence-corrected chi connectivity index (χ3v) is 5.39. The average molecular weight is 394 g/mol. The van der Waals surface area contributed by atoms with Gasteiger partial charge < -0.3 is 9.80 Å². The van der Waals surface area contributed by atoms with E-state index in [0.717, 1.165) is 21.5 Å². The first kappa shape index (κ1) is 18.7. The maximum Gasteiger partial charge on any atom is 0.463 e. The minimum Gasteiger partial charge on any atom is -0.352 e. The molecule has 0 bridgehead atoms. The fourth-order valence-corrected chi connectivity index (χ4v) is 3.69. The molecule has 0 spiro atoms. The Hall–Kier alpha value is -2.04. The number of piperazine rings is 1. The first-order valence-corrected chi connectivity index (χ1v) is 8.69. The first-order chi connectivity index (χ1) is 12.1. The summed E-state index contributed by atoms with van der Waals surface area (Å²) in [4.78, 5) is 24.2. The molecule has 1 aliphatic rings. The predicted molar refractivity (Wildman–Crippen MR) is 86.6 cm³/mol. The Labute approximate surface area is 149 Å². The highest BCUT2D eigenvalue weighted by molar-refractivity contribution is 7.18. The SMILES string of the molecule is CCc1cc2c(N3CCN(C(=O)C(F)(F)C(F)(F)F)CC3)ncnc2s1. The maximum atomic E-state index is 13.2. The van der Waals surface area contributed by atoms with E-state index in [2.05, 4.69) is 9.97 Å². The molecule has 1 fully saturated rings. The fourth-order valence-electron chi connectivity index (χ4n) is 2.76. The highest BCUT2D eigenvalue weighted by Crippen LogP contribution is 2.37. The van der Waals surface area contributed by atoms with E-state index in [4.69, 9.17) is 0 Å². The number of aryl methyl sites for hydroxylation is 1. The van der Waals surface area contributed by atoms with Gasteiger partial charge >= 0.3 is 18.0 Å². The molecule has 5 nitrogen and oxygen atoms in total. The van der Waals surface area contributed by atoms with Crippen LogP contribution in [0.4, 0.5) is 27.8 Å². The van der Waals surface area contributed by atoms with Gasteiger partial charge in [-0.2, -0.15) is 22.0 Å². The fraction of sp³-hybridized carbons (Fsp3) is 0.533. The van der Waals surface area contributed by atoms with E-state index in [1.54, 1.807) is 4.90 Å². The lowest BCUT2D eigenvalue weighted by Gasteiger charge is -2.37. The van der Waals surface area contributed by atoms with Crippen LogP contribution in [0.25, 0.3) is 10.2 Å². The van der Waals surface area contributed by atoms with Gasteiger partial charge in [-0.3, -0.25) is 4.79 Å². The molecule has 2 aromatic heterocycles. The molecule has 1 amide bonds. The minimum atomic E-state index is -5.90. The van der Waals surface area contributed by atoms with Crippen LogP contribution in [0.15, 0.2) is 12.4 Å². The van der Waals surface area contributed by atoms with Crippen LogP contribution in [-0.4, -0.2) is 59.1 Å². The molecular weight excluding hydrogens is 379 g/mol. The van der Waals surface area contributed by atoms with Gasteiger partial charge in [0.05, 0.1) is 5.39 Å². The Bertz CT molecular complexity index is 814. The monoisotopic (exact) mass is 394 g/mol. The van der Waals surface area contributed by atoms with Crippen LogP contribution in [0.1, 0.15) is 11.8 Å². The molecule has 26 heavy (non-hydrogen) atoms. The maximum absolute atomic E-state index is 13.2. The number of hydrogen-bond donors (Lipinski definition) is 0. The number of carbonyl (C=O) groups is 1. The predicted octanol–water partition coefficient (Wildman–Crippen LogP) is 3.10. The second-order valence-corrected chi connectivity index (χ2v) is 6.95. The van der Waals surface area contributed by atoms with Crippen molar-refractivity contribution in [3.63, 3.8) is 0 Å². The van der Waals surface area contributed by atoms with Crippen LogP contribution >= 0.6 is 11.3 Å². The number of anilines is 1. The molecule has 11 heteroatoms. The van der Waals surface area contributed by atoms with Crippen molar-refractivity contribution >= 4 is 33.3 Å². The Morgan fingerprint density at radius 2 is 1.81 bits per heavy atom. The molecule has 3 rings (SSSR count). The Morgan fingerprint density at radius 1 is 1.15 bits per heavy atom. The largest absolute Gasteiger partial charge is 0.463 e. The van der Waals surface area contributed by atoms with Crippen LogP contribution in [0.5, 0.6) is 0 Å². The van der Waals surface area contributed by atoms with Crippen molar-refractivity contribution in [2.45, 2.75) is 25.4 Å². The lowest BCUT2D eigenvalue weighted by molar-refractivity contribution is -0.274. The summed E-state index contributed by atoms with van der Waals surface area (Å²) in [7, 11) is 0. The van der Waals surface area contributed by atoms with Gasteiger partial charge in [0.25, 0.3) is 0 Å². The molecule has 0 saturated carbocycles. The van der Waals surface area contributed by atoms with E-state index >= 15 is 0 Å². The van der Waals surface area contributed by atoms with Gasteiger partial charge in [0.15, 0.2) is 0 Å². The van der Waals surface area contributed by atoms with E-state index in [0.29, 0.717) is 10.7 Å². The van der Waals surface area contributed by atoms with Crippen LogP contribution in [0.3, 0.4) is 0 Å². The van der Waals surface area contributed by atoms with Gasteiger partial charge in [-0.05, 0) is 12.5 Å². The molecule has 0 aromatic carbocycles. The number of carbonyl (C=O) groups excluding carboxylic acids is 1. The second-order valence-electron chi connectivity index (χ2n) is 5.83. The Balaban J connectivity index is 1.75. The van der Waals surface area contributed by atoms with Gasteiger partial charge in [-0.25, -0.2) is 9.97 Å². The van der Waals surface area contributed by atoms with E-state index < -0.39 is 18.0 Å². The smallest absolute Gasteiger partial charge is 0.352 e. The molecule has 0 unspecified atom stereocenters. The van der Waals surface area contributed by atoms with Gasteiger partial charge in [-0.1, -0.05) is 6.92 Å². The molecule has 0 atom stereocenters. The third kappa shape index (κ3) is 3.19. The number of thiophene rings is 1. The summed E-state index contributed by atoms with van der Waals surface area (Å²) in [6, 6.07) is 1.95. The van der Waals surface area contributed by atoms with Crippen LogP contribution in [0, 0.1) is 0 Å². The Morgan fingerprint density at radius 3 is 2.38 bits per heavy atom. The van der Waals surface area contributed by atoms with Gasteiger partial charge in [0.1, 0.15) is 17.0 Å². The molecular formula is C15H15F5N4OS. The summed E-state index contributed by atoms with van der Waals surface area (Å²) in [6.07, 6.45) is -3.68. The van der Waals surface area contributed by atoms with Crippen molar-refractivity contribution in [2.24, 2.45) is 0 Å². The summed E-state index contributed by atoms with van der Waals surface area (Å²) < 4.78 is 63.6. The number of nitrogens with zero attached hydrogens (tertiary/aromatic N) is 4. The molecule has 1 aliphatic heterocycles. The normalized spacial score (nSPS) is 16.4. The Kier molecular flexibility index (Phi) is 4.76. The molecule has 2 aromatic rings. The summed E-state index contributed by atoms with van der Waals surface area (Å²) >= 11 is 1.52. The van der Waals surface area contributed by atoms with Crippen LogP contribution < -0.4 is 4.90 Å². The number of alkyl halides is 5. The van der Waals surface area contributed by atoms with Crippen molar-refractivity contribution in [1.82, 2.24) is 14.9 Å². The molecule has 3 heterocycles. The van der Waals surface area contributed by atoms with Crippen molar-refractivity contribution in [3.8, 4) is 0 Å². The van der Waals surface area contributed by atoms with Gasteiger partial charge in [0, 0.05) is 31.1 Å². The molecule has 0 radical (unpaired) electrons. The summed E-state index contributed by atoms with van der Waals surface area (Å²) in [5, 5.41) is 0.815. The third-order valence-electron chi connectivity index (χ3n) is 4.20. The number of fused-ring (bicyclic) bond motifs is 1. The van der Waals surface area contributed by atoms with Gasteiger partial charge in [-0.15, -0.1) is 11.3 Å². The molecule has 0 N–H and O–H groups in total. The lowest BCUT2D eigenvalue weighted by atomic mass is 10.2. The minimum absolute atomic E-state index is 0.114. The zero-order valence-electron chi connectivity index (χ0n) is 13.7. The van der Waals surface area contributed by atoms with Crippen LogP contribution in [0.2, 0.25) is 0 Å². The highest BCUT2D eigenvalue weighted by atomic mass is 32.1. The quantitative estimate of drug-likeness (QED) is 0.751. The number of halogens is 5. The van der Waals surface area contributed by atoms with Crippen molar-refractivity contribution in [2.75, 3.05) is 31.1 Å². The highest BCUT2D eigenvalue weighted by Gasteiger charge is 2.64. The molecule has 142 valence electrons. The molecule has 1 saturated heterocycles. The van der Waals surface area contributed by atoms with E-state index in [1.807, 2.05) is 13.0 Å². The zero-order valence-corrected chi connectivity index (χ0v) is 14.5. The van der Waals surface area contributed by atoms with Gasteiger partial charge in [0.2, 0.25) is 0 Å². The van der Waals surface area contributed by atoms with E-state index in [1.165, 1.54) is 17.7 Å². The first-order valence-electron chi connectivity index (χ1n) is 7.87. The van der Waals surface area contributed by atoms with E-state index in [9.17, 15) is 26.7 Å². The zero-order chi connectivity index (χ0) is 19.1. The van der Waals surface area contributed by atoms with Crippen molar-refractivity contribution in [3.05, 3.63) is 17.3 Å². The number of aromatic nitrogens is 2. The number of rotatable bonds is 3. The topological polar surface area (TPSA) is 49.3 Å². The number of hydrogen-bond acceptors (Lipinski definition) is 5. The summed E-state index contributed by atoms with van der Waals surface area (Å²) in [5.74, 6) is -6.98. The van der Waals surface area contributed by atoms with Crippen molar-refractivity contribution < 1.29 is 26.7 Å². The molecule has 0 aliphatic carbocycles. The van der Waals surface area contributed by atoms with Crippen LogP contribution in [-0.2, 0) is 11.2 Å². The lowest BCUT2D eigenvalue weighted by Crippen LogP contribution is -2.57. The summed E-state index contributed by atoms with van der Waals surface area (Å²) in [6.45, 7) is 1.76. The average Bonchev–Trinajstić information content (AvgIpc) is 3.03. The van der Waals surface area contributed by atoms with E-state index in [-0.39, 0.29) is 26.2 Å². The number of amides is 1.